The number of benzene rings is 3. The minimum absolute atomic E-state index is 0.106. The summed E-state index contributed by atoms with van der Waals surface area (Å²) in [6.45, 7) is 10.0. The van der Waals surface area contributed by atoms with E-state index in [2.05, 4.69) is 10.0 Å². The molecule has 1 aliphatic heterocycles. The number of hydrogen-bond acceptors (Lipinski definition) is 5. The molecule has 0 spiro atoms. The molecule has 2 amide bonds. The smallest absolute Gasteiger partial charge is 0.410 e. The lowest BCUT2D eigenvalue weighted by Gasteiger charge is -2.37. The second kappa shape index (κ2) is 10.7. The summed E-state index contributed by atoms with van der Waals surface area (Å²) in [6.07, 6.45) is 0.0854. The molecule has 9 heteroatoms. The van der Waals surface area contributed by atoms with Gasteiger partial charge in [0.15, 0.2) is 0 Å². The number of carbonyl (C=O) groups is 2. The van der Waals surface area contributed by atoms with Crippen LogP contribution in [0.15, 0.2) is 65.6 Å². The highest BCUT2D eigenvalue weighted by Crippen LogP contribution is 2.31. The van der Waals surface area contributed by atoms with Gasteiger partial charge in [-0.25, -0.2) is 17.9 Å². The normalized spacial score (nSPS) is 18.3. The molecule has 1 fully saturated rings. The number of nitrogens with zero attached hydrogens (tertiary/aromatic N) is 1. The Morgan fingerprint density at radius 1 is 0.974 bits per heavy atom. The van der Waals surface area contributed by atoms with Crippen molar-refractivity contribution >= 4 is 38.5 Å². The van der Waals surface area contributed by atoms with Crippen LogP contribution in [-0.2, 0) is 14.8 Å². The van der Waals surface area contributed by atoms with Gasteiger partial charge in [0.1, 0.15) is 5.60 Å². The molecular formula is C29H35N3O5S. The zero-order valence-electron chi connectivity index (χ0n) is 22.4. The van der Waals surface area contributed by atoms with Crippen molar-refractivity contribution in [3.05, 3.63) is 71.8 Å². The molecule has 0 bridgehead atoms. The summed E-state index contributed by atoms with van der Waals surface area (Å²) < 4.78 is 35.4. The summed E-state index contributed by atoms with van der Waals surface area (Å²) in [5, 5.41) is 4.08. The predicted molar refractivity (Wildman–Crippen MR) is 149 cm³/mol. The van der Waals surface area contributed by atoms with Gasteiger partial charge in [-0.15, -0.1) is 0 Å². The molecule has 3 aromatic carbocycles. The number of piperidine rings is 1. The van der Waals surface area contributed by atoms with Crippen LogP contribution in [0.1, 0.15) is 50.0 Å². The molecule has 2 N–H and O–H groups in total. The Hall–Kier alpha value is -3.43. The van der Waals surface area contributed by atoms with Gasteiger partial charge in [-0.2, -0.15) is 0 Å². The van der Waals surface area contributed by atoms with E-state index in [1.165, 1.54) is 6.07 Å². The Balaban J connectivity index is 1.54. The van der Waals surface area contributed by atoms with Crippen molar-refractivity contribution in [3.8, 4) is 0 Å². The third-order valence-electron chi connectivity index (χ3n) is 6.67. The van der Waals surface area contributed by atoms with Gasteiger partial charge in [-0.1, -0.05) is 49.4 Å². The molecule has 3 aromatic rings. The van der Waals surface area contributed by atoms with Gasteiger partial charge in [0.2, 0.25) is 10.0 Å². The summed E-state index contributed by atoms with van der Waals surface area (Å²) >= 11 is 0. The highest BCUT2D eigenvalue weighted by Gasteiger charge is 2.34. The average Bonchev–Trinajstić information content (AvgIpc) is 2.84. The number of rotatable bonds is 5. The van der Waals surface area contributed by atoms with E-state index in [-0.39, 0.29) is 28.9 Å². The van der Waals surface area contributed by atoms with E-state index >= 15 is 0 Å². The molecule has 0 radical (unpaired) electrons. The summed E-state index contributed by atoms with van der Waals surface area (Å²) in [4.78, 5) is 27.2. The summed E-state index contributed by atoms with van der Waals surface area (Å²) in [7, 11) is -3.89. The predicted octanol–water partition coefficient (Wildman–Crippen LogP) is 5.32. The molecule has 1 aliphatic rings. The van der Waals surface area contributed by atoms with Crippen LogP contribution in [-0.4, -0.2) is 50.1 Å². The Morgan fingerprint density at radius 3 is 2.29 bits per heavy atom. The van der Waals surface area contributed by atoms with E-state index in [1.807, 2.05) is 52.8 Å². The number of likely N-dealkylation sites (tertiary alicyclic amines) is 1. The summed E-state index contributed by atoms with van der Waals surface area (Å²) in [5.41, 5.74) is 1.35. The SMILES string of the molecule is Cc1ccccc1C(=O)Nc1ccc(S(=O)(=O)N[C@H]2CCN(C(=O)OC(C)(C)C)C[C@@H]2C)c2ccccc12. The molecule has 1 saturated heterocycles. The highest BCUT2D eigenvalue weighted by atomic mass is 32.2. The number of carbonyl (C=O) groups excluding carboxylic acids is 2. The maximum Gasteiger partial charge on any atom is 0.410 e. The van der Waals surface area contributed by atoms with Crippen LogP contribution in [0.25, 0.3) is 10.8 Å². The number of amides is 2. The number of sulfonamides is 1. The van der Waals surface area contributed by atoms with Gasteiger partial charge in [-0.05, 0) is 63.8 Å². The third kappa shape index (κ3) is 6.16. The van der Waals surface area contributed by atoms with E-state index < -0.39 is 15.6 Å². The fourth-order valence-corrected chi connectivity index (χ4v) is 6.30. The molecule has 8 nitrogen and oxygen atoms in total. The van der Waals surface area contributed by atoms with Gasteiger partial charge in [0.25, 0.3) is 5.91 Å². The molecule has 202 valence electrons. The van der Waals surface area contributed by atoms with Gasteiger partial charge in [0.05, 0.1) is 4.90 Å². The fourth-order valence-electron chi connectivity index (χ4n) is 4.71. The van der Waals surface area contributed by atoms with Crippen molar-refractivity contribution in [1.29, 1.82) is 0 Å². The standard InChI is InChI=1S/C29H35N3O5S/c1-19-10-6-7-11-21(19)27(33)30-25-14-15-26(23-13-9-8-12-22(23)25)38(35,36)31-24-16-17-32(18-20(24)2)28(34)37-29(3,4)5/h6-15,20,24,31H,16-18H2,1-5H3,(H,30,33)/t20-,24-/m0/s1. The van der Waals surface area contributed by atoms with Gasteiger partial charge >= 0.3 is 6.09 Å². The first-order valence-electron chi connectivity index (χ1n) is 12.7. The van der Waals surface area contributed by atoms with Gasteiger partial charge in [-0.3, -0.25) is 4.79 Å². The van der Waals surface area contributed by atoms with E-state index in [0.29, 0.717) is 41.5 Å². The monoisotopic (exact) mass is 537 g/mol. The lowest BCUT2D eigenvalue weighted by atomic mass is 9.95. The first-order chi connectivity index (χ1) is 17.9. The second-order valence-electron chi connectivity index (χ2n) is 10.8. The van der Waals surface area contributed by atoms with E-state index in [4.69, 9.17) is 4.74 Å². The first-order valence-corrected chi connectivity index (χ1v) is 14.2. The molecule has 0 unspecified atom stereocenters. The van der Waals surface area contributed by atoms with Crippen molar-refractivity contribution < 1.29 is 22.7 Å². The van der Waals surface area contributed by atoms with Crippen molar-refractivity contribution in [1.82, 2.24) is 9.62 Å². The number of hydrogen-bond donors (Lipinski definition) is 2. The summed E-state index contributed by atoms with van der Waals surface area (Å²) in [5.74, 6) is -0.363. The maximum atomic E-state index is 13.6. The average molecular weight is 538 g/mol. The second-order valence-corrected chi connectivity index (χ2v) is 12.5. The Bertz CT molecular complexity index is 1460. The minimum Gasteiger partial charge on any atom is -0.444 e. The molecule has 38 heavy (non-hydrogen) atoms. The summed E-state index contributed by atoms with van der Waals surface area (Å²) in [6, 6.07) is 17.2. The van der Waals surface area contributed by atoms with Crippen LogP contribution in [0.2, 0.25) is 0 Å². The molecule has 1 heterocycles. The maximum absolute atomic E-state index is 13.6. The fraction of sp³-hybridized carbons (Fsp3) is 0.379. The van der Waals surface area contributed by atoms with Gasteiger partial charge < -0.3 is 15.0 Å². The van der Waals surface area contributed by atoms with E-state index in [9.17, 15) is 18.0 Å². The zero-order chi connectivity index (χ0) is 27.7. The van der Waals surface area contributed by atoms with E-state index in [0.717, 1.165) is 5.56 Å². The van der Waals surface area contributed by atoms with Crippen LogP contribution in [0, 0.1) is 12.8 Å². The number of fused-ring (bicyclic) bond motifs is 1. The number of anilines is 1. The number of ether oxygens (including phenoxy) is 1. The zero-order valence-corrected chi connectivity index (χ0v) is 23.3. The largest absolute Gasteiger partial charge is 0.444 e. The van der Waals surface area contributed by atoms with Crippen LogP contribution < -0.4 is 10.0 Å². The van der Waals surface area contributed by atoms with Crippen molar-refractivity contribution in [2.45, 2.75) is 57.6 Å². The van der Waals surface area contributed by atoms with Gasteiger partial charge in [0, 0.05) is 41.2 Å². The molecule has 4 rings (SSSR count). The Labute approximate surface area is 224 Å². The highest BCUT2D eigenvalue weighted by molar-refractivity contribution is 7.89. The first kappa shape index (κ1) is 27.6. The number of nitrogens with one attached hydrogen (secondary N) is 2. The Morgan fingerprint density at radius 2 is 1.63 bits per heavy atom. The lowest BCUT2D eigenvalue weighted by molar-refractivity contribution is 0.0153. The van der Waals surface area contributed by atoms with Crippen molar-refractivity contribution in [2.75, 3.05) is 18.4 Å². The van der Waals surface area contributed by atoms with E-state index in [1.54, 1.807) is 41.3 Å². The topological polar surface area (TPSA) is 105 Å². The molecule has 0 aromatic heterocycles. The quantitative estimate of drug-likeness (QED) is 0.458. The molecule has 0 aliphatic carbocycles. The van der Waals surface area contributed by atoms with Crippen LogP contribution in [0.4, 0.5) is 10.5 Å². The molecule has 0 saturated carbocycles. The van der Waals surface area contributed by atoms with Crippen LogP contribution in [0.3, 0.4) is 0 Å². The van der Waals surface area contributed by atoms with Crippen molar-refractivity contribution in [2.24, 2.45) is 5.92 Å². The molecule has 2 atom stereocenters. The van der Waals surface area contributed by atoms with Crippen LogP contribution >= 0.6 is 0 Å². The number of aryl methyl sites for hydroxylation is 1. The molecular weight excluding hydrogens is 502 g/mol. The van der Waals surface area contributed by atoms with Crippen LogP contribution in [0.5, 0.6) is 0 Å². The lowest BCUT2D eigenvalue weighted by Crippen LogP contribution is -2.52. The Kier molecular flexibility index (Phi) is 7.80. The minimum atomic E-state index is -3.89. The third-order valence-corrected chi connectivity index (χ3v) is 8.22. The van der Waals surface area contributed by atoms with Crippen molar-refractivity contribution in [3.63, 3.8) is 0 Å².